The van der Waals surface area contributed by atoms with Crippen molar-refractivity contribution in [3.05, 3.63) is 18.0 Å². The molecule has 3 nitrogen and oxygen atoms in total. The fraction of sp³-hybridized carbons (Fsp3) is 0.769. The lowest BCUT2D eigenvalue weighted by Gasteiger charge is -2.01. The Bertz CT molecular complexity index is 195. The van der Waals surface area contributed by atoms with E-state index in [0.717, 1.165) is 13.1 Å². The van der Waals surface area contributed by atoms with E-state index >= 15 is 0 Å². The molecule has 0 atom stereocenters. The second-order valence-electron chi connectivity index (χ2n) is 2.30. The third kappa shape index (κ3) is 11.2. The molecule has 98 valence electrons. The second-order valence-corrected chi connectivity index (χ2v) is 2.30. The van der Waals surface area contributed by atoms with Gasteiger partial charge in [0, 0.05) is 18.4 Å². The zero-order valence-corrected chi connectivity index (χ0v) is 12.5. The van der Waals surface area contributed by atoms with Gasteiger partial charge < -0.3 is 5.32 Å². The van der Waals surface area contributed by atoms with Crippen LogP contribution in [0, 0.1) is 6.92 Å². The summed E-state index contributed by atoms with van der Waals surface area (Å²) < 4.78 is 1.98. The predicted octanol–water partition coefficient (Wildman–Crippen LogP) is 3.49. The molecule has 0 saturated carbocycles. The van der Waals surface area contributed by atoms with Gasteiger partial charge in [0.15, 0.2) is 0 Å². The van der Waals surface area contributed by atoms with Crippen LogP contribution in [-0.2, 0) is 6.54 Å². The fourth-order valence-electron chi connectivity index (χ4n) is 0.851. The number of hydrogen-bond donors (Lipinski definition) is 1. The molecule has 0 radical (unpaired) electrons. The molecule has 1 N–H and O–H groups in total. The van der Waals surface area contributed by atoms with Crippen molar-refractivity contribution in [3.63, 3.8) is 0 Å². The lowest BCUT2D eigenvalue weighted by Crippen LogP contribution is -2.16. The third-order valence-corrected chi connectivity index (χ3v) is 1.50. The summed E-state index contributed by atoms with van der Waals surface area (Å²) in [4.78, 5) is 0. The molecule has 0 amide bonds. The number of aryl methyl sites for hydroxylation is 1. The van der Waals surface area contributed by atoms with Crippen LogP contribution >= 0.6 is 0 Å². The van der Waals surface area contributed by atoms with Gasteiger partial charge in [0.2, 0.25) is 0 Å². The molecule has 0 aromatic carbocycles. The minimum absolute atomic E-state index is 0.954. The van der Waals surface area contributed by atoms with Crippen molar-refractivity contribution < 1.29 is 0 Å². The van der Waals surface area contributed by atoms with Crippen LogP contribution in [0.5, 0.6) is 0 Å². The molecular formula is C13H31N3. The lowest BCUT2D eigenvalue weighted by atomic mass is 10.5. The highest BCUT2D eigenvalue weighted by Gasteiger charge is 1.92. The highest BCUT2D eigenvalue weighted by molar-refractivity contribution is 4.96. The Kier molecular flexibility index (Phi) is 25.3. The van der Waals surface area contributed by atoms with Crippen molar-refractivity contribution in [1.29, 1.82) is 0 Å². The maximum atomic E-state index is 4.13. The number of aromatic nitrogens is 2. The Morgan fingerprint density at radius 2 is 1.62 bits per heavy atom. The predicted molar refractivity (Wildman–Crippen MR) is 74.9 cm³/mol. The summed E-state index contributed by atoms with van der Waals surface area (Å²) in [6.07, 6.45) is 1.82. The molecule has 0 aliphatic carbocycles. The summed E-state index contributed by atoms with van der Waals surface area (Å²) >= 11 is 0. The first kappa shape index (κ1) is 20.6. The van der Waals surface area contributed by atoms with Crippen LogP contribution in [0.1, 0.15) is 47.2 Å². The van der Waals surface area contributed by atoms with E-state index in [4.69, 9.17) is 0 Å². The van der Waals surface area contributed by atoms with E-state index in [-0.39, 0.29) is 0 Å². The smallest absolute Gasteiger partial charge is 0.0536 e. The molecule has 1 rings (SSSR count). The SMILES string of the molecule is CC.CC.CC.CNCCn1nccc1C. The average Bonchev–Trinajstić information content (AvgIpc) is 2.80. The average molecular weight is 229 g/mol. The van der Waals surface area contributed by atoms with Crippen LogP contribution in [0.3, 0.4) is 0 Å². The van der Waals surface area contributed by atoms with Crippen LogP contribution in [-0.4, -0.2) is 23.4 Å². The van der Waals surface area contributed by atoms with Crippen molar-refractivity contribution in [2.24, 2.45) is 0 Å². The Hall–Kier alpha value is -0.830. The molecule has 1 aromatic rings. The topological polar surface area (TPSA) is 29.9 Å². The van der Waals surface area contributed by atoms with Gasteiger partial charge in [0.05, 0.1) is 6.54 Å². The summed E-state index contributed by atoms with van der Waals surface area (Å²) in [6.45, 7) is 16.0. The Balaban J connectivity index is -0.000000245. The molecule has 3 heteroatoms. The minimum Gasteiger partial charge on any atom is -0.318 e. The second kappa shape index (κ2) is 19.7. The van der Waals surface area contributed by atoms with Crippen molar-refractivity contribution in [2.75, 3.05) is 13.6 Å². The van der Waals surface area contributed by atoms with Crippen LogP contribution in [0.15, 0.2) is 12.3 Å². The number of nitrogens with one attached hydrogen (secondary N) is 1. The maximum absolute atomic E-state index is 4.13. The molecule has 0 fully saturated rings. The zero-order chi connectivity index (χ0) is 13.4. The summed E-state index contributed by atoms with van der Waals surface area (Å²) in [7, 11) is 1.94. The Morgan fingerprint density at radius 1 is 1.12 bits per heavy atom. The quantitative estimate of drug-likeness (QED) is 0.860. The highest BCUT2D eigenvalue weighted by Crippen LogP contribution is 1.93. The van der Waals surface area contributed by atoms with Gasteiger partial charge in [-0.2, -0.15) is 5.10 Å². The van der Waals surface area contributed by atoms with Gasteiger partial charge in [-0.3, -0.25) is 4.68 Å². The molecule has 0 bridgehead atoms. The van der Waals surface area contributed by atoms with E-state index in [1.165, 1.54) is 5.69 Å². The summed E-state index contributed by atoms with van der Waals surface area (Å²) in [5.41, 5.74) is 1.22. The number of likely N-dealkylation sites (N-methyl/N-ethyl adjacent to an activating group) is 1. The van der Waals surface area contributed by atoms with Crippen molar-refractivity contribution >= 4 is 0 Å². The van der Waals surface area contributed by atoms with Gasteiger partial charge in [-0.1, -0.05) is 41.5 Å². The standard InChI is InChI=1S/C7H13N3.3C2H6/c1-7-3-4-9-10(7)6-5-8-2;3*1-2/h3-4,8H,5-6H2,1-2H3;3*1-2H3. The highest BCUT2D eigenvalue weighted by atomic mass is 15.3. The largest absolute Gasteiger partial charge is 0.318 e. The zero-order valence-electron chi connectivity index (χ0n) is 12.5. The van der Waals surface area contributed by atoms with E-state index in [9.17, 15) is 0 Å². The van der Waals surface area contributed by atoms with Gasteiger partial charge in [-0.25, -0.2) is 0 Å². The molecule has 0 aliphatic rings. The van der Waals surface area contributed by atoms with Crippen LogP contribution < -0.4 is 5.32 Å². The van der Waals surface area contributed by atoms with Crippen molar-refractivity contribution in [2.45, 2.75) is 55.0 Å². The van der Waals surface area contributed by atoms with Crippen LogP contribution in [0.4, 0.5) is 0 Å². The summed E-state index contributed by atoms with van der Waals surface area (Å²) in [5.74, 6) is 0. The van der Waals surface area contributed by atoms with Gasteiger partial charge in [-0.15, -0.1) is 0 Å². The summed E-state index contributed by atoms with van der Waals surface area (Å²) in [5, 5.41) is 7.20. The molecule has 0 aliphatic heterocycles. The third-order valence-electron chi connectivity index (χ3n) is 1.50. The summed E-state index contributed by atoms with van der Waals surface area (Å²) in [6, 6.07) is 2.01. The van der Waals surface area contributed by atoms with Crippen molar-refractivity contribution in [3.8, 4) is 0 Å². The molecule has 1 heterocycles. The van der Waals surface area contributed by atoms with Crippen LogP contribution in [0.2, 0.25) is 0 Å². The first-order valence-corrected chi connectivity index (χ1v) is 6.47. The maximum Gasteiger partial charge on any atom is 0.0536 e. The number of hydrogen-bond acceptors (Lipinski definition) is 2. The van der Waals surface area contributed by atoms with E-state index < -0.39 is 0 Å². The van der Waals surface area contributed by atoms with Gasteiger partial charge in [-0.05, 0) is 20.0 Å². The van der Waals surface area contributed by atoms with Crippen molar-refractivity contribution in [1.82, 2.24) is 15.1 Å². The molecule has 0 unspecified atom stereocenters. The fourth-order valence-corrected chi connectivity index (χ4v) is 0.851. The first-order valence-electron chi connectivity index (χ1n) is 6.47. The number of nitrogens with zero attached hydrogens (tertiary/aromatic N) is 2. The normalized spacial score (nSPS) is 7.50. The molecule has 16 heavy (non-hydrogen) atoms. The lowest BCUT2D eigenvalue weighted by molar-refractivity contribution is 0.572. The molecular weight excluding hydrogens is 198 g/mol. The Labute approximate surface area is 102 Å². The van der Waals surface area contributed by atoms with E-state index in [2.05, 4.69) is 17.3 Å². The first-order chi connectivity index (χ1) is 7.84. The monoisotopic (exact) mass is 229 g/mol. The van der Waals surface area contributed by atoms with E-state index in [0.29, 0.717) is 0 Å². The number of rotatable bonds is 3. The Morgan fingerprint density at radius 3 is 1.94 bits per heavy atom. The molecule has 1 aromatic heterocycles. The van der Waals surface area contributed by atoms with Gasteiger partial charge >= 0.3 is 0 Å². The molecule has 0 saturated heterocycles. The van der Waals surface area contributed by atoms with Gasteiger partial charge in [0.1, 0.15) is 0 Å². The van der Waals surface area contributed by atoms with E-state index in [1.54, 1.807) is 0 Å². The van der Waals surface area contributed by atoms with Gasteiger partial charge in [0.25, 0.3) is 0 Å². The molecule has 0 spiro atoms. The van der Waals surface area contributed by atoms with E-state index in [1.807, 2.05) is 65.5 Å². The minimum atomic E-state index is 0.954. The van der Waals surface area contributed by atoms with Crippen LogP contribution in [0.25, 0.3) is 0 Å².